The number of sulfone groups is 1. The van der Waals surface area contributed by atoms with Crippen LogP contribution in [0.3, 0.4) is 0 Å². The fourth-order valence-electron chi connectivity index (χ4n) is 3.91. The van der Waals surface area contributed by atoms with Gasteiger partial charge in [-0.1, -0.05) is 83.8 Å². The van der Waals surface area contributed by atoms with Crippen LogP contribution in [-0.2, 0) is 19.9 Å². The summed E-state index contributed by atoms with van der Waals surface area (Å²) >= 11 is 0. The van der Waals surface area contributed by atoms with Gasteiger partial charge in [-0.05, 0) is 36.8 Å². The highest BCUT2D eigenvalue weighted by Gasteiger charge is 2.30. The van der Waals surface area contributed by atoms with Crippen LogP contribution in [0.4, 0.5) is 5.69 Å². The second-order valence-electron chi connectivity index (χ2n) is 9.00. The van der Waals surface area contributed by atoms with E-state index in [1.807, 2.05) is 0 Å². The number of rotatable bonds is 3. The molecule has 0 amide bonds. The van der Waals surface area contributed by atoms with Crippen molar-refractivity contribution in [3.05, 3.63) is 105 Å². The second kappa shape index (κ2) is 13.7. The largest absolute Gasteiger partial charge is 0.289 e. The standard InChI is InChI=1S/C32H24N2O6S2/c35-34(36)31-21-7-8-22-32(31)42(39,40)33-23-9-1-2-13-27-14-3-5-16-29(27)19-11-25-41(37,38)26-12-20-30-17-6-4-15-28(30)18-10-24-33/h3-8,14-17,21-22H,1,9,23-26H2. The molecule has 0 aliphatic carbocycles. The molecule has 0 aromatic heterocycles. The van der Waals surface area contributed by atoms with Gasteiger partial charge in [0, 0.05) is 41.3 Å². The Labute approximate surface area is 245 Å². The Balaban J connectivity index is 1.75. The van der Waals surface area contributed by atoms with Gasteiger partial charge in [-0.25, -0.2) is 16.8 Å². The molecule has 0 saturated carbocycles. The Kier molecular flexibility index (Phi) is 9.81. The Morgan fingerprint density at radius 3 is 1.74 bits per heavy atom. The molecule has 10 heteroatoms. The summed E-state index contributed by atoms with van der Waals surface area (Å²) in [4.78, 5) is 10.4. The van der Waals surface area contributed by atoms with Gasteiger partial charge in [-0.2, -0.15) is 4.31 Å². The van der Waals surface area contributed by atoms with Crippen LogP contribution >= 0.6 is 0 Å². The summed E-state index contributed by atoms with van der Waals surface area (Å²) in [6.45, 7) is -0.213. The van der Waals surface area contributed by atoms with Gasteiger partial charge in [-0.3, -0.25) is 10.1 Å². The lowest BCUT2D eigenvalue weighted by atomic mass is 10.1. The molecule has 210 valence electrons. The zero-order valence-electron chi connectivity index (χ0n) is 22.3. The topological polar surface area (TPSA) is 115 Å². The normalized spacial score (nSPS) is 15.2. The number of nitro groups is 1. The first kappa shape index (κ1) is 30.1. The zero-order valence-corrected chi connectivity index (χ0v) is 24.0. The summed E-state index contributed by atoms with van der Waals surface area (Å²) in [7, 11) is -7.86. The van der Waals surface area contributed by atoms with Gasteiger partial charge in [0.25, 0.3) is 15.7 Å². The molecule has 3 aromatic carbocycles. The van der Waals surface area contributed by atoms with Crippen molar-refractivity contribution in [1.82, 2.24) is 4.31 Å². The van der Waals surface area contributed by atoms with E-state index in [2.05, 4.69) is 47.4 Å². The van der Waals surface area contributed by atoms with Crippen LogP contribution < -0.4 is 0 Å². The minimum absolute atomic E-state index is 0.0263. The molecule has 42 heavy (non-hydrogen) atoms. The van der Waals surface area contributed by atoms with Crippen molar-refractivity contribution >= 4 is 25.5 Å². The predicted molar refractivity (Wildman–Crippen MR) is 160 cm³/mol. The van der Waals surface area contributed by atoms with Gasteiger partial charge >= 0.3 is 0 Å². The summed E-state index contributed by atoms with van der Waals surface area (Å²) < 4.78 is 53.3. The molecule has 0 unspecified atom stereocenters. The van der Waals surface area contributed by atoms with E-state index in [0.29, 0.717) is 35.1 Å². The number of sulfonamides is 1. The highest BCUT2D eigenvalue weighted by Crippen LogP contribution is 2.26. The Hall–Kier alpha value is -4.84. The monoisotopic (exact) mass is 596 g/mol. The Morgan fingerprint density at radius 1 is 0.714 bits per heavy atom. The van der Waals surface area contributed by atoms with Crippen LogP contribution in [0.1, 0.15) is 35.1 Å². The number of hydrogen-bond acceptors (Lipinski definition) is 6. The molecule has 1 aliphatic rings. The van der Waals surface area contributed by atoms with Crippen molar-refractivity contribution in [1.29, 1.82) is 0 Å². The van der Waals surface area contributed by atoms with E-state index in [0.717, 1.165) is 10.4 Å². The first-order valence-electron chi connectivity index (χ1n) is 12.7. The van der Waals surface area contributed by atoms with Crippen molar-refractivity contribution in [3.63, 3.8) is 0 Å². The molecule has 0 atom stereocenters. The molecular weight excluding hydrogens is 572 g/mol. The van der Waals surface area contributed by atoms with Gasteiger partial charge in [-0.15, -0.1) is 0 Å². The number of hydrogen-bond donors (Lipinski definition) is 0. The van der Waals surface area contributed by atoms with Crippen LogP contribution in [0.15, 0.2) is 77.7 Å². The van der Waals surface area contributed by atoms with Crippen LogP contribution in [0, 0.1) is 57.5 Å². The van der Waals surface area contributed by atoms with Gasteiger partial charge in [0.2, 0.25) is 0 Å². The molecule has 0 saturated heterocycles. The highest BCUT2D eigenvalue weighted by molar-refractivity contribution is 7.91. The van der Waals surface area contributed by atoms with Gasteiger partial charge in [0.1, 0.15) is 11.5 Å². The van der Waals surface area contributed by atoms with E-state index in [1.165, 1.54) is 18.2 Å². The smallest absolute Gasteiger partial charge is 0.258 e. The summed E-state index contributed by atoms with van der Waals surface area (Å²) in [5.74, 6) is 22.2. The first-order chi connectivity index (χ1) is 20.2. The summed E-state index contributed by atoms with van der Waals surface area (Å²) in [6, 6.07) is 19.1. The Bertz CT molecular complexity index is 1990. The average Bonchev–Trinajstić information content (AvgIpc) is 2.96. The van der Waals surface area contributed by atoms with Gasteiger partial charge < -0.3 is 0 Å². The molecule has 3 aromatic rings. The van der Waals surface area contributed by atoms with E-state index in [4.69, 9.17) is 0 Å². The molecule has 0 spiro atoms. The fourth-order valence-corrected chi connectivity index (χ4v) is 6.14. The van der Waals surface area contributed by atoms with Crippen molar-refractivity contribution in [2.45, 2.75) is 17.7 Å². The minimum atomic E-state index is -4.29. The number of fused-ring (bicyclic) bond motifs is 2. The summed E-state index contributed by atoms with van der Waals surface area (Å²) in [5, 5.41) is 11.6. The molecule has 1 aliphatic heterocycles. The van der Waals surface area contributed by atoms with E-state index < -0.39 is 41.1 Å². The van der Waals surface area contributed by atoms with E-state index in [-0.39, 0.29) is 18.8 Å². The van der Waals surface area contributed by atoms with Crippen molar-refractivity contribution in [2.24, 2.45) is 0 Å². The predicted octanol–water partition coefficient (Wildman–Crippen LogP) is 3.60. The average molecular weight is 597 g/mol. The lowest BCUT2D eigenvalue weighted by molar-refractivity contribution is -0.387. The van der Waals surface area contributed by atoms with Crippen LogP contribution in [0.5, 0.6) is 0 Å². The van der Waals surface area contributed by atoms with Crippen LogP contribution in [0.2, 0.25) is 0 Å². The third kappa shape index (κ3) is 7.88. The number of para-hydroxylation sites is 1. The third-order valence-electron chi connectivity index (χ3n) is 5.98. The SMILES string of the molecule is O=[N+]([O-])c1ccccc1S(=O)(=O)N1CC#Cc2ccccc2C#CCS(=O)(=O)CC#Cc2ccccc2C#CCCC1. The molecule has 0 fully saturated rings. The van der Waals surface area contributed by atoms with E-state index >= 15 is 0 Å². The lowest BCUT2D eigenvalue weighted by Crippen LogP contribution is -2.33. The van der Waals surface area contributed by atoms with Crippen molar-refractivity contribution in [3.8, 4) is 47.4 Å². The van der Waals surface area contributed by atoms with Crippen molar-refractivity contribution < 1.29 is 21.8 Å². The van der Waals surface area contributed by atoms with Crippen LogP contribution in [-0.4, -0.2) is 50.7 Å². The van der Waals surface area contributed by atoms with E-state index in [1.54, 1.807) is 48.5 Å². The summed E-state index contributed by atoms with van der Waals surface area (Å²) in [5.41, 5.74) is 1.64. The molecule has 0 N–H and O–H groups in total. The number of benzene rings is 3. The maximum absolute atomic E-state index is 13.6. The van der Waals surface area contributed by atoms with Crippen LogP contribution in [0.25, 0.3) is 0 Å². The maximum atomic E-state index is 13.6. The number of nitrogens with zero attached hydrogens (tertiary/aromatic N) is 2. The third-order valence-corrected chi connectivity index (χ3v) is 9.04. The van der Waals surface area contributed by atoms with Gasteiger partial charge in [0.05, 0.1) is 11.5 Å². The maximum Gasteiger partial charge on any atom is 0.289 e. The first-order valence-corrected chi connectivity index (χ1v) is 16.0. The molecule has 1 heterocycles. The molecular formula is C32H24N2O6S2. The van der Waals surface area contributed by atoms with Gasteiger partial charge in [0.15, 0.2) is 14.7 Å². The molecule has 8 nitrogen and oxygen atoms in total. The number of nitro benzene ring substituents is 1. The van der Waals surface area contributed by atoms with Crippen molar-refractivity contribution in [2.75, 3.05) is 24.6 Å². The lowest BCUT2D eigenvalue weighted by Gasteiger charge is -2.19. The summed E-state index contributed by atoms with van der Waals surface area (Å²) in [6.07, 6.45) is 0.660. The zero-order chi connectivity index (χ0) is 30.0. The Morgan fingerprint density at radius 2 is 1.19 bits per heavy atom. The quantitative estimate of drug-likeness (QED) is 0.259. The molecule has 0 bridgehead atoms. The molecule has 4 rings (SSSR count). The second-order valence-corrected chi connectivity index (χ2v) is 13.0. The van der Waals surface area contributed by atoms with E-state index in [9.17, 15) is 26.9 Å². The highest BCUT2D eigenvalue weighted by atomic mass is 32.2. The minimum Gasteiger partial charge on any atom is -0.258 e. The fraction of sp³-hybridized carbons (Fsp3) is 0.188. The molecule has 0 radical (unpaired) electrons.